The third-order valence-electron chi connectivity index (χ3n) is 2.67. The van der Waals surface area contributed by atoms with E-state index in [4.69, 9.17) is 5.73 Å². The average Bonchev–Trinajstić information content (AvgIpc) is 2.04. The molecule has 2 atom stereocenters. The molecular weight excluding hydrogens is 162 g/mol. The minimum atomic E-state index is 0.681. The fourth-order valence-corrected chi connectivity index (χ4v) is 2.26. The smallest absolute Gasteiger partial charge is 0.0197 e. The van der Waals surface area contributed by atoms with Gasteiger partial charge in [-0.05, 0) is 18.9 Å². The summed E-state index contributed by atoms with van der Waals surface area (Å²) >= 11 is 0. The molecule has 1 aliphatic heterocycles. The molecule has 0 saturated carbocycles. The van der Waals surface area contributed by atoms with E-state index in [0.29, 0.717) is 6.04 Å². The van der Waals surface area contributed by atoms with Crippen LogP contribution in [0.15, 0.2) is 0 Å². The van der Waals surface area contributed by atoms with E-state index in [9.17, 15) is 0 Å². The summed E-state index contributed by atoms with van der Waals surface area (Å²) in [5.41, 5.74) is 5.56. The third kappa shape index (κ3) is 3.63. The van der Waals surface area contributed by atoms with Gasteiger partial charge < -0.3 is 16.0 Å². The van der Waals surface area contributed by atoms with Crippen LogP contribution in [0.4, 0.5) is 0 Å². The van der Waals surface area contributed by atoms with Crippen LogP contribution in [0.5, 0.6) is 0 Å². The Balaban J connectivity index is 2.33. The van der Waals surface area contributed by atoms with E-state index in [2.05, 4.69) is 24.1 Å². The molecule has 0 bridgehead atoms. The normalized spacial score (nSPS) is 30.7. The standard InChI is InChI=1S/C10H23N3/c1-3-12-10-6-9(2)7-13(8-10)5-4-11/h9-10,12H,3-8,11H2,1-2H3. The van der Waals surface area contributed by atoms with Gasteiger partial charge in [0, 0.05) is 32.2 Å². The summed E-state index contributed by atoms with van der Waals surface area (Å²) in [5, 5.41) is 3.52. The first-order valence-corrected chi connectivity index (χ1v) is 5.42. The van der Waals surface area contributed by atoms with E-state index in [1.807, 2.05) is 0 Å². The highest BCUT2D eigenvalue weighted by atomic mass is 15.2. The Morgan fingerprint density at radius 3 is 2.85 bits per heavy atom. The lowest BCUT2D eigenvalue weighted by Gasteiger charge is -2.36. The molecule has 0 aromatic heterocycles. The average molecular weight is 185 g/mol. The second-order valence-electron chi connectivity index (χ2n) is 4.14. The van der Waals surface area contributed by atoms with Gasteiger partial charge in [0.2, 0.25) is 0 Å². The van der Waals surface area contributed by atoms with E-state index in [1.54, 1.807) is 0 Å². The molecule has 0 aromatic carbocycles. The number of likely N-dealkylation sites (tertiary alicyclic amines) is 1. The molecule has 1 heterocycles. The van der Waals surface area contributed by atoms with Crippen molar-refractivity contribution in [2.75, 3.05) is 32.7 Å². The van der Waals surface area contributed by atoms with Crippen LogP contribution in [0.1, 0.15) is 20.3 Å². The SMILES string of the molecule is CCNC1CC(C)CN(CCN)C1. The second kappa shape index (κ2) is 5.58. The quantitative estimate of drug-likeness (QED) is 0.660. The van der Waals surface area contributed by atoms with Gasteiger partial charge in [-0.3, -0.25) is 0 Å². The van der Waals surface area contributed by atoms with Crippen LogP contribution >= 0.6 is 0 Å². The zero-order chi connectivity index (χ0) is 9.68. The zero-order valence-electron chi connectivity index (χ0n) is 8.92. The maximum absolute atomic E-state index is 5.56. The minimum absolute atomic E-state index is 0.681. The maximum Gasteiger partial charge on any atom is 0.0197 e. The molecule has 78 valence electrons. The van der Waals surface area contributed by atoms with Crippen molar-refractivity contribution >= 4 is 0 Å². The molecule has 3 nitrogen and oxygen atoms in total. The van der Waals surface area contributed by atoms with Gasteiger partial charge in [-0.1, -0.05) is 13.8 Å². The molecule has 1 aliphatic rings. The summed E-state index contributed by atoms with van der Waals surface area (Å²) < 4.78 is 0. The third-order valence-corrected chi connectivity index (χ3v) is 2.67. The Hall–Kier alpha value is -0.120. The number of nitrogens with zero attached hydrogens (tertiary/aromatic N) is 1. The molecule has 1 fully saturated rings. The van der Waals surface area contributed by atoms with Crippen LogP contribution in [0.3, 0.4) is 0 Å². The van der Waals surface area contributed by atoms with Crippen molar-refractivity contribution in [1.82, 2.24) is 10.2 Å². The summed E-state index contributed by atoms with van der Waals surface area (Å²) in [5.74, 6) is 0.810. The number of piperidine rings is 1. The van der Waals surface area contributed by atoms with Crippen molar-refractivity contribution in [3.05, 3.63) is 0 Å². The summed E-state index contributed by atoms with van der Waals surface area (Å²) in [4.78, 5) is 2.47. The second-order valence-corrected chi connectivity index (χ2v) is 4.14. The first-order valence-electron chi connectivity index (χ1n) is 5.42. The fourth-order valence-electron chi connectivity index (χ4n) is 2.26. The van der Waals surface area contributed by atoms with Crippen molar-refractivity contribution in [3.8, 4) is 0 Å². The predicted octanol–water partition coefficient (Wildman–Crippen LogP) is 0.265. The monoisotopic (exact) mass is 185 g/mol. The van der Waals surface area contributed by atoms with Gasteiger partial charge in [0.1, 0.15) is 0 Å². The molecule has 0 radical (unpaired) electrons. The Bertz CT molecular complexity index is 124. The molecule has 3 heteroatoms. The molecule has 0 aliphatic carbocycles. The topological polar surface area (TPSA) is 41.3 Å². The molecule has 1 saturated heterocycles. The highest BCUT2D eigenvalue weighted by Crippen LogP contribution is 2.15. The molecule has 3 N–H and O–H groups in total. The largest absolute Gasteiger partial charge is 0.329 e. The first-order chi connectivity index (χ1) is 6.26. The van der Waals surface area contributed by atoms with Gasteiger partial charge in [-0.2, -0.15) is 0 Å². The molecule has 0 spiro atoms. The summed E-state index contributed by atoms with van der Waals surface area (Å²) in [6, 6.07) is 0.681. The molecule has 2 unspecified atom stereocenters. The maximum atomic E-state index is 5.56. The van der Waals surface area contributed by atoms with Crippen molar-refractivity contribution in [3.63, 3.8) is 0 Å². The summed E-state index contributed by atoms with van der Waals surface area (Å²) in [6.07, 6.45) is 1.31. The number of likely N-dealkylation sites (N-methyl/N-ethyl adjacent to an activating group) is 1. The Kier molecular flexibility index (Phi) is 4.70. The molecule has 0 amide bonds. The predicted molar refractivity (Wildman–Crippen MR) is 56.7 cm³/mol. The van der Waals surface area contributed by atoms with Gasteiger partial charge >= 0.3 is 0 Å². The van der Waals surface area contributed by atoms with E-state index in [-0.39, 0.29) is 0 Å². The van der Waals surface area contributed by atoms with Crippen LogP contribution in [0.25, 0.3) is 0 Å². The molecule has 0 aromatic rings. The van der Waals surface area contributed by atoms with Crippen molar-refractivity contribution in [2.24, 2.45) is 11.7 Å². The van der Waals surface area contributed by atoms with Gasteiger partial charge in [-0.25, -0.2) is 0 Å². The number of hydrogen-bond donors (Lipinski definition) is 2. The highest BCUT2D eigenvalue weighted by molar-refractivity contribution is 4.81. The number of rotatable bonds is 4. The highest BCUT2D eigenvalue weighted by Gasteiger charge is 2.22. The number of nitrogens with one attached hydrogen (secondary N) is 1. The zero-order valence-corrected chi connectivity index (χ0v) is 8.92. The minimum Gasteiger partial charge on any atom is -0.329 e. The number of hydrogen-bond acceptors (Lipinski definition) is 3. The van der Waals surface area contributed by atoms with Gasteiger partial charge in [-0.15, -0.1) is 0 Å². The van der Waals surface area contributed by atoms with Gasteiger partial charge in [0.05, 0.1) is 0 Å². The van der Waals surface area contributed by atoms with Crippen LogP contribution < -0.4 is 11.1 Å². The van der Waals surface area contributed by atoms with Gasteiger partial charge in [0.15, 0.2) is 0 Å². The molecular formula is C10H23N3. The van der Waals surface area contributed by atoms with E-state index < -0.39 is 0 Å². The first kappa shape index (κ1) is 11.0. The Morgan fingerprint density at radius 1 is 1.46 bits per heavy atom. The van der Waals surface area contributed by atoms with Crippen LogP contribution in [-0.2, 0) is 0 Å². The Labute approximate surface area is 81.7 Å². The summed E-state index contributed by atoms with van der Waals surface area (Å²) in [7, 11) is 0. The van der Waals surface area contributed by atoms with E-state index in [0.717, 1.165) is 25.6 Å². The van der Waals surface area contributed by atoms with E-state index in [1.165, 1.54) is 19.5 Å². The van der Waals surface area contributed by atoms with Crippen LogP contribution in [-0.4, -0.2) is 43.7 Å². The lowest BCUT2D eigenvalue weighted by Crippen LogP contribution is -2.49. The Morgan fingerprint density at radius 2 is 2.23 bits per heavy atom. The lowest BCUT2D eigenvalue weighted by molar-refractivity contribution is 0.154. The number of nitrogens with two attached hydrogens (primary N) is 1. The van der Waals surface area contributed by atoms with Crippen molar-refractivity contribution in [2.45, 2.75) is 26.3 Å². The van der Waals surface area contributed by atoms with E-state index >= 15 is 0 Å². The van der Waals surface area contributed by atoms with Gasteiger partial charge in [0.25, 0.3) is 0 Å². The van der Waals surface area contributed by atoms with Crippen molar-refractivity contribution in [1.29, 1.82) is 0 Å². The van der Waals surface area contributed by atoms with Crippen LogP contribution in [0, 0.1) is 5.92 Å². The molecule has 1 rings (SSSR count). The molecule has 13 heavy (non-hydrogen) atoms. The fraction of sp³-hybridized carbons (Fsp3) is 1.00. The van der Waals surface area contributed by atoms with Crippen LogP contribution in [0.2, 0.25) is 0 Å². The summed E-state index contributed by atoms with van der Waals surface area (Å²) in [6.45, 7) is 9.81. The van der Waals surface area contributed by atoms with Crippen molar-refractivity contribution < 1.29 is 0 Å². The lowest BCUT2D eigenvalue weighted by atomic mass is 9.96.